The third kappa shape index (κ3) is 5.52. The molecule has 0 aliphatic carbocycles. The van der Waals surface area contributed by atoms with E-state index in [1.54, 1.807) is 18.2 Å². The van der Waals surface area contributed by atoms with Crippen LogP contribution in [0.1, 0.15) is 24.1 Å². The van der Waals surface area contributed by atoms with Crippen LogP contribution in [0.3, 0.4) is 0 Å². The number of rotatable bonds is 6. The van der Waals surface area contributed by atoms with Gasteiger partial charge in [-0.2, -0.15) is 0 Å². The third-order valence-corrected chi connectivity index (χ3v) is 5.64. The van der Waals surface area contributed by atoms with Gasteiger partial charge < -0.3 is 15.1 Å². The fourth-order valence-electron chi connectivity index (χ4n) is 3.82. The number of hydrogen-bond donors (Lipinski definition) is 1. The number of carbonyl (C=O) groups is 1. The van der Waals surface area contributed by atoms with Gasteiger partial charge in [-0.05, 0) is 60.5 Å². The summed E-state index contributed by atoms with van der Waals surface area (Å²) in [5.74, 6) is 0.542. The van der Waals surface area contributed by atoms with Gasteiger partial charge in [0.15, 0.2) is 0 Å². The Morgan fingerprint density at radius 2 is 1.75 bits per heavy atom. The van der Waals surface area contributed by atoms with Crippen molar-refractivity contribution in [1.82, 2.24) is 10.3 Å². The van der Waals surface area contributed by atoms with E-state index in [4.69, 9.17) is 0 Å². The first-order valence-corrected chi connectivity index (χ1v) is 10.8. The second kappa shape index (κ2) is 10.1. The topological polar surface area (TPSA) is 48.5 Å². The summed E-state index contributed by atoms with van der Waals surface area (Å²) in [6, 6.07) is 20.2. The first-order chi connectivity index (χ1) is 15.6. The van der Waals surface area contributed by atoms with Gasteiger partial charge >= 0.3 is 0 Å². The lowest BCUT2D eigenvalue weighted by Crippen LogP contribution is -2.46. The molecule has 1 atom stereocenters. The van der Waals surface area contributed by atoms with Gasteiger partial charge in [0, 0.05) is 44.1 Å². The fraction of sp³-hybridized carbons (Fsp3) is 0.231. The lowest BCUT2D eigenvalue weighted by Gasteiger charge is -2.37. The molecule has 1 aliphatic rings. The van der Waals surface area contributed by atoms with Crippen molar-refractivity contribution in [2.75, 3.05) is 36.0 Å². The molecule has 0 radical (unpaired) electrons. The van der Waals surface area contributed by atoms with Gasteiger partial charge in [-0.1, -0.05) is 30.3 Å². The molecule has 0 saturated carbocycles. The van der Waals surface area contributed by atoms with Crippen LogP contribution in [0.15, 0.2) is 79.0 Å². The van der Waals surface area contributed by atoms with Crippen molar-refractivity contribution in [2.45, 2.75) is 13.0 Å². The van der Waals surface area contributed by atoms with Crippen LogP contribution in [0.25, 0.3) is 6.08 Å². The highest BCUT2D eigenvalue weighted by atomic mass is 19.1. The number of hydrogen-bond acceptors (Lipinski definition) is 4. The van der Waals surface area contributed by atoms with E-state index in [-0.39, 0.29) is 17.8 Å². The minimum atomic E-state index is -0.293. The summed E-state index contributed by atoms with van der Waals surface area (Å²) in [6.45, 7) is 5.65. The van der Waals surface area contributed by atoms with Crippen molar-refractivity contribution < 1.29 is 9.18 Å². The summed E-state index contributed by atoms with van der Waals surface area (Å²) >= 11 is 0. The van der Waals surface area contributed by atoms with E-state index >= 15 is 0 Å². The summed E-state index contributed by atoms with van der Waals surface area (Å²) < 4.78 is 13.0. The Bertz CT molecular complexity index is 1060. The van der Waals surface area contributed by atoms with Crippen LogP contribution in [-0.4, -0.2) is 37.1 Å². The zero-order valence-electron chi connectivity index (χ0n) is 18.1. The second-order valence-corrected chi connectivity index (χ2v) is 7.87. The Hall–Kier alpha value is -3.67. The van der Waals surface area contributed by atoms with Crippen molar-refractivity contribution >= 4 is 23.5 Å². The van der Waals surface area contributed by atoms with Gasteiger partial charge in [-0.3, -0.25) is 4.79 Å². The molecule has 2 aromatic carbocycles. The number of benzene rings is 2. The Labute approximate surface area is 188 Å². The second-order valence-electron chi connectivity index (χ2n) is 7.87. The van der Waals surface area contributed by atoms with Crippen molar-refractivity contribution in [3.8, 4) is 0 Å². The number of amides is 1. The molecule has 1 aromatic heterocycles. The molecule has 2 heterocycles. The molecule has 1 fully saturated rings. The summed E-state index contributed by atoms with van der Waals surface area (Å²) in [7, 11) is 0. The number of anilines is 2. The number of halogens is 1. The highest BCUT2D eigenvalue weighted by molar-refractivity contribution is 5.92. The van der Waals surface area contributed by atoms with Gasteiger partial charge in [-0.25, -0.2) is 9.37 Å². The maximum absolute atomic E-state index is 13.0. The average Bonchev–Trinajstić information content (AvgIpc) is 2.84. The summed E-state index contributed by atoms with van der Waals surface area (Å²) in [6.07, 6.45) is 4.99. The number of nitrogens with one attached hydrogen (secondary N) is 1. The van der Waals surface area contributed by atoms with Crippen molar-refractivity contribution in [3.63, 3.8) is 0 Å². The van der Waals surface area contributed by atoms with E-state index in [9.17, 15) is 9.18 Å². The van der Waals surface area contributed by atoms with E-state index in [0.29, 0.717) is 0 Å². The Morgan fingerprint density at radius 1 is 1.00 bits per heavy atom. The van der Waals surface area contributed by atoms with Crippen molar-refractivity contribution in [2.24, 2.45) is 0 Å². The van der Waals surface area contributed by atoms with Gasteiger partial charge in [0.2, 0.25) is 5.91 Å². The minimum Gasteiger partial charge on any atom is -0.368 e. The lowest BCUT2D eigenvalue weighted by atomic mass is 10.1. The molecule has 32 heavy (non-hydrogen) atoms. The van der Waals surface area contributed by atoms with Gasteiger partial charge in [0.05, 0.1) is 6.04 Å². The maximum Gasteiger partial charge on any atom is 0.244 e. The highest BCUT2D eigenvalue weighted by Crippen LogP contribution is 2.23. The molecule has 0 bridgehead atoms. The normalized spacial score (nSPS) is 15.1. The molecule has 1 saturated heterocycles. The van der Waals surface area contributed by atoms with E-state index in [1.807, 2.05) is 43.5 Å². The predicted octanol–water partition coefficient (Wildman–Crippen LogP) is 4.44. The molecular formula is C26H27FN4O. The van der Waals surface area contributed by atoms with Crippen LogP contribution < -0.4 is 15.1 Å². The molecule has 1 unspecified atom stereocenters. The molecule has 3 aromatic rings. The molecule has 6 heteroatoms. The standard InChI is InChI=1S/C26H27FN4O/c1-20(29-26(32)13-10-21-8-11-23(27)12-9-21)22-5-4-6-24(19-22)30-15-17-31(18-16-30)25-7-2-3-14-28-25/h2-14,19-20H,15-18H2,1H3,(H,29,32). The van der Waals surface area contributed by atoms with Crippen molar-refractivity contribution in [3.05, 3.63) is 95.9 Å². The Kier molecular flexibility index (Phi) is 6.80. The molecule has 1 amide bonds. The van der Waals surface area contributed by atoms with Crippen LogP contribution in [0.2, 0.25) is 0 Å². The zero-order valence-corrected chi connectivity index (χ0v) is 18.1. The summed E-state index contributed by atoms with van der Waals surface area (Å²) in [4.78, 5) is 21.4. The summed E-state index contributed by atoms with van der Waals surface area (Å²) in [5.41, 5.74) is 2.99. The first-order valence-electron chi connectivity index (χ1n) is 10.8. The smallest absolute Gasteiger partial charge is 0.244 e. The lowest BCUT2D eigenvalue weighted by molar-refractivity contribution is -0.117. The van der Waals surface area contributed by atoms with Crippen LogP contribution >= 0.6 is 0 Å². The summed E-state index contributed by atoms with van der Waals surface area (Å²) in [5, 5.41) is 3.00. The number of piperazine rings is 1. The number of pyridine rings is 1. The third-order valence-electron chi connectivity index (χ3n) is 5.64. The molecule has 1 aliphatic heterocycles. The number of aromatic nitrogens is 1. The van der Waals surface area contributed by atoms with Gasteiger partial charge in [0.25, 0.3) is 0 Å². The average molecular weight is 431 g/mol. The first kappa shape index (κ1) is 21.6. The number of carbonyl (C=O) groups excluding carboxylic acids is 1. The van der Waals surface area contributed by atoms with Crippen LogP contribution in [0, 0.1) is 5.82 Å². The van der Waals surface area contributed by atoms with E-state index in [1.165, 1.54) is 18.2 Å². The fourth-order valence-corrected chi connectivity index (χ4v) is 3.82. The number of nitrogens with zero attached hydrogens (tertiary/aromatic N) is 3. The van der Waals surface area contributed by atoms with E-state index in [2.05, 4.69) is 32.2 Å². The quantitative estimate of drug-likeness (QED) is 0.588. The molecular weight excluding hydrogens is 403 g/mol. The molecule has 5 nitrogen and oxygen atoms in total. The SMILES string of the molecule is CC(NC(=O)C=Cc1ccc(F)cc1)c1cccc(N2CCN(c3ccccn3)CC2)c1. The monoisotopic (exact) mass is 430 g/mol. The van der Waals surface area contributed by atoms with E-state index in [0.717, 1.165) is 48.8 Å². The Morgan fingerprint density at radius 3 is 2.47 bits per heavy atom. The van der Waals surface area contributed by atoms with E-state index < -0.39 is 0 Å². The van der Waals surface area contributed by atoms with Crippen molar-refractivity contribution in [1.29, 1.82) is 0 Å². The zero-order chi connectivity index (χ0) is 22.3. The predicted molar refractivity (Wildman–Crippen MR) is 127 cm³/mol. The van der Waals surface area contributed by atoms with Gasteiger partial charge in [-0.15, -0.1) is 0 Å². The molecule has 1 N–H and O–H groups in total. The highest BCUT2D eigenvalue weighted by Gasteiger charge is 2.19. The molecule has 4 rings (SSSR count). The molecule has 0 spiro atoms. The Balaban J connectivity index is 1.34. The van der Waals surface area contributed by atoms with Crippen LogP contribution in [0.4, 0.5) is 15.9 Å². The van der Waals surface area contributed by atoms with Crippen LogP contribution in [-0.2, 0) is 4.79 Å². The van der Waals surface area contributed by atoms with Crippen LogP contribution in [0.5, 0.6) is 0 Å². The minimum absolute atomic E-state index is 0.130. The maximum atomic E-state index is 13.0. The largest absolute Gasteiger partial charge is 0.368 e. The molecule has 164 valence electrons. The van der Waals surface area contributed by atoms with Gasteiger partial charge in [0.1, 0.15) is 11.6 Å².